The fourth-order valence-electron chi connectivity index (χ4n) is 5.21. The number of nitrogens with two attached hydrogens (primary N) is 1. The van der Waals surface area contributed by atoms with Crippen LogP contribution in [0.3, 0.4) is 0 Å². The Morgan fingerprint density at radius 1 is 1.03 bits per heavy atom. The number of anilines is 1. The van der Waals surface area contributed by atoms with Gasteiger partial charge in [-0.1, -0.05) is 6.07 Å². The van der Waals surface area contributed by atoms with Crippen LogP contribution < -0.4 is 10.5 Å². The third kappa shape index (κ3) is 3.55. The Morgan fingerprint density at radius 3 is 2.71 bits per heavy atom. The van der Waals surface area contributed by atoms with Crippen LogP contribution in [-0.4, -0.2) is 38.2 Å². The number of piperidine rings is 1. The van der Waals surface area contributed by atoms with Crippen LogP contribution in [0.1, 0.15) is 37.3 Å². The van der Waals surface area contributed by atoms with Gasteiger partial charge in [0.1, 0.15) is 28.7 Å². The van der Waals surface area contributed by atoms with Gasteiger partial charge in [0.2, 0.25) is 5.91 Å². The molecule has 4 heterocycles. The van der Waals surface area contributed by atoms with Crippen LogP contribution in [0.25, 0.3) is 16.6 Å². The highest BCUT2D eigenvalue weighted by atomic mass is 19.1. The first-order valence-electron chi connectivity index (χ1n) is 11.5. The van der Waals surface area contributed by atoms with Crippen LogP contribution in [0.2, 0.25) is 0 Å². The molecule has 0 bridgehead atoms. The number of pyridine rings is 1. The smallest absolute Gasteiger partial charge is 0.222 e. The summed E-state index contributed by atoms with van der Waals surface area (Å²) in [7, 11) is 0. The Kier molecular flexibility index (Phi) is 4.94. The van der Waals surface area contributed by atoms with Crippen LogP contribution in [0, 0.1) is 5.82 Å². The maximum absolute atomic E-state index is 13.5. The van der Waals surface area contributed by atoms with E-state index in [1.165, 1.54) is 12.1 Å². The van der Waals surface area contributed by atoms with Crippen LogP contribution >= 0.6 is 0 Å². The van der Waals surface area contributed by atoms with Gasteiger partial charge in [0.05, 0.1) is 11.4 Å². The molecule has 1 amide bonds. The highest BCUT2D eigenvalue weighted by Crippen LogP contribution is 2.39. The van der Waals surface area contributed by atoms with Gasteiger partial charge in [-0.2, -0.15) is 5.10 Å². The summed E-state index contributed by atoms with van der Waals surface area (Å²) in [6.07, 6.45) is 5.30. The summed E-state index contributed by atoms with van der Waals surface area (Å²) in [6, 6.07) is 15.7. The van der Waals surface area contributed by atoms with Gasteiger partial charge in [0.25, 0.3) is 0 Å². The largest absolute Gasteiger partial charge is 0.457 e. The molecular formula is C26H24FN5O2. The van der Waals surface area contributed by atoms with E-state index in [1.807, 2.05) is 39.9 Å². The van der Waals surface area contributed by atoms with Crippen molar-refractivity contribution in [3.63, 3.8) is 0 Å². The number of aromatic nitrogens is 3. The summed E-state index contributed by atoms with van der Waals surface area (Å²) in [5, 5.41) is 5.94. The molecule has 8 heteroatoms. The third-order valence-corrected chi connectivity index (χ3v) is 6.87. The van der Waals surface area contributed by atoms with Crippen molar-refractivity contribution in [2.45, 2.75) is 37.6 Å². The van der Waals surface area contributed by atoms with Crippen LogP contribution in [0.5, 0.6) is 11.5 Å². The molecule has 2 fully saturated rings. The number of rotatable bonds is 4. The summed E-state index contributed by atoms with van der Waals surface area (Å²) in [5.74, 6) is 1.47. The zero-order valence-corrected chi connectivity index (χ0v) is 18.5. The second kappa shape index (κ2) is 8.13. The number of ether oxygens (including phenoxy) is 1. The fraction of sp³-hybridized carbons (Fsp3) is 0.269. The van der Waals surface area contributed by atoms with E-state index in [2.05, 4.69) is 4.98 Å². The van der Waals surface area contributed by atoms with E-state index in [0.29, 0.717) is 36.3 Å². The van der Waals surface area contributed by atoms with E-state index >= 15 is 0 Å². The second-order valence-electron chi connectivity index (χ2n) is 8.96. The van der Waals surface area contributed by atoms with Crippen LogP contribution in [-0.2, 0) is 4.79 Å². The van der Waals surface area contributed by atoms with Gasteiger partial charge >= 0.3 is 0 Å². The van der Waals surface area contributed by atoms with Crippen LogP contribution in [0.15, 0.2) is 60.8 Å². The van der Waals surface area contributed by atoms with E-state index in [1.54, 1.807) is 18.3 Å². The summed E-state index contributed by atoms with van der Waals surface area (Å²) in [5.41, 5.74) is 8.81. The first-order valence-corrected chi connectivity index (χ1v) is 11.5. The van der Waals surface area contributed by atoms with Gasteiger partial charge in [-0.05, 0) is 61.7 Å². The van der Waals surface area contributed by atoms with Gasteiger partial charge in [-0.25, -0.2) is 14.1 Å². The molecule has 2 aliphatic rings. The molecule has 2 unspecified atom stereocenters. The molecule has 2 aromatic carbocycles. The summed E-state index contributed by atoms with van der Waals surface area (Å²) >= 11 is 0. The molecule has 4 aromatic rings. The molecule has 0 spiro atoms. The molecule has 2 aliphatic heterocycles. The minimum Gasteiger partial charge on any atom is -0.457 e. The first-order chi connectivity index (χ1) is 16.6. The number of nitrogens with zero attached hydrogens (tertiary/aromatic N) is 4. The van der Waals surface area contributed by atoms with Crippen molar-refractivity contribution < 1.29 is 13.9 Å². The van der Waals surface area contributed by atoms with Gasteiger partial charge in [-0.3, -0.25) is 4.79 Å². The molecule has 2 saturated heterocycles. The van der Waals surface area contributed by atoms with Gasteiger partial charge in [0, 0.05) is 42.6 Å². The van der Waals surface area contributed by atoms with Crippen LogP contribution in [0.4, 0.5) is 10.2 Å². The molecule has 172 valence electrons. The van der Waals surface area contributed by atoms with Crippen molar-refractivity contribution in [3.05, 3.63) is 72.3 Å². The molecule has 6 rings (SSSR count). The number of benzene rings is 2. The second-order valence-corrected chi connectivity index (χ2v) is 8.96. The lowest BCUT2D eigenvalue weighted by molar-refractivity contribution is -0.130. The van der Waals surface area contributed by atoms with Crippen molar-refractivity contribution >= 4 is 22.6 Å². The Hall–Kier alpha value is -3.94. The zero-order valence-electron chi connectivity index (χ0n) is 18.5. The Labute approximate surface area is 196 Å². The topological polar surface area (TPSA) is 86.3 Å². The van der Waals surface area contributed by atoms with E-state index in [4.69, 9.17) is 15.6 Å². The first kappa shape index (κ1) is 20.7. The predicted octanol–water partition coefficient (Wildman–Crippen LogP) is 4.80. The highest BCUT2D eigenvalue weighted by molar-refractivity contribution is 5.91. The third-order valence-electron chi connectivity index (χ3n) is 6.87. The quantitative estimate of drug-likeness (QED) is 0.476. The number of carbonyl (C=O) groups excluding carboxylic acids is 1. The van der Waals surface area contributed by atoms with Crippen molar-refractivity contribution in [3.8, 4) is 17.2 Å². The van der Waals surface area contributed by atoms with Crippen molar-refractivity contribution in [2.75, 3.05) is 12.3 Å². The maximum Gasteiger partial charge on any atom is 0.222 e. The van der Waals surface area contributed by atoms with E-state index in [9.17, 15) is 9.18 Å². The monoisotopic (exact) mass is 457 g/mol. The average molecular weight is 458 g/mol. The molecule has 2 atom stereocenters. The number of halogens is 1. The lowest BCUT2D eigenvalue weighted by Gasteiger charge is -2.34. The Balaban J connectivity index is 1.34. The van der Waals surface area contributed by atoms with Gasteiger partial charge in [-0.15, -0.1) is 0 Å². The van der Waals surface area contributed by atoms with Crippen molar-refractivity contribution in [1.82, 2.24) is 19.7 Å². The standard InChI is InChI=1S/C26H24FN5O2/c27-17-2-1-3-21(14-17)34-20-9-6-19(7-10-20)32-25-22(12-13-29-26(25)28)24(30-32)16-4-5-18-8-11-23(33)31(18)15-16/h1-3,6-7,9-10,12-14,16,18H,4-5,8,11,15H2,(H2,28,29). The molecule has 0 radical (unpaired) electrons. The molecule has 2 N–H and O–H groups in total. The normalized spacial score (nSPS) is 20.0. The number of hydrogen-bond donors (Lipinski definition) is 1. The molecule has 0 saturated carbocycles. The van der Waals surface area contributed by atoms with Crippen molar-refractivity contribution in [1.29, 1.82) is 0 Å². The lowest BCUT2D eigenvalue weighted by atomic mass is 9.89. The van der Waals surface area contributed by atoms with Gasteiger partial charge in [0.15, 0.2) is 0 Å². The number of nitrogen functional groups attached to an aromatic ring is 1. The molecular weight excluding hydrogens is 433 g/mol. The molecule has 7 nitrogen and oxygen atoms in total. The SMILES string of the molecule is Nc1nccc2c(C3CCC4CCC(=O)N4C3)nn(-c3ccc(Oc4cccc(F)c4)cc3)c12. The number of hydrogen-bond acceptors (Lipinski definition) is 5. The number of amides is 1. The minimum atomic E-state index is -0.350. The van der Waals surface area contributed by atoms with Crippen molar-refractivity contribution in [2.24, 2.45) is 0 Å². The van der Waals surface area contributed by atoms with E-state index < -0.39 is 0 Å². The summed E-state index contributed by atoms with van der Waals surface area (Å²) < 4.78 is 21.0. The maximum atomic E-state index is 13.5. The zero-order chi connectivity index (χ0) is 23.2. The van der Waals surface area contributed by atoms with E-state index in [0.717, 1.165) is 41.5 Å². The minimum absolute atomic E-state index is 0.152. The van der Waals surface area contributed by atoms with Gasteiger partial charge < -0.3 is 15.4 Å². The lowest BCUT2D eigenvalue weighted by Crippen LogP contribution is -2.40. The molecule has 2 aromatic heterocycles. The van der Waals surface area contributed by atoms with E-state index in [-0.39, 0.29) is 17.6 Å². The Bertz CT molecular complexity index is 1380. The average Bonchev–Trinajstić information content (AvgIpc) is 3.41. The highest BCUT2D eigenvalue weighted by Gasteiger charge is 2.38. The predicted molar refractivity (Wildman–Crippen MR) is 126 cm³/mol. The fourth-order valence-corrected chi connectivity index (χ4v) is 5.21. The summed E-state index contributed by atoms with van der Waals surface area (Å²) in [4.78, 5) is 18.7. The Morgan fingerprint density at radius 2 is 1.88 bits per heavy atom. The number of fused-ring (bicyclic) bond motifs is 2. The summed E-state index contributed by atoms with van der Waals surface area (Å²) in [6.45, 7) is 0.693. The molecule has 0 aliphatic carbocycles. The molecule has 34 heavy (non-hydrogen) atoms. The number of carbonyl (C=O) groups is 1.